The van der Waals surface area contributed by atoms with Crippen molar-refractivity contribution in [1.82, 2.24) is 19.5 Å². The van der Waals surface area contributed by atoms with Crippen LogP contribution >= 0.6 is 0 Å². The number of rotatable bonds is 3. The highest BCUT2D eigenvalue weighted by molar-refractivity contribution is 5.99. The number of benzene rings is 1. The quantitative estimate of drug-likeness (QED) is 0.774. The summed E-state index contributed by atoms with van der Waals surface area (Å²) < 4.78 is 1.60. The highest BCUT2D eigenvalue weighted by atomic mass is 16.1. The topological polar surface area (TPSA) is 79.8 Å². The first-order chi connectivity index (χ1) is 12.1. The zero-order valence-corrected chi connectivity index (χ0v) is 14.0. The number of fused-ring (bicyclic) bond motifs is 1. The third-order valence-electron chi connectivity index (χ3n) is 4.68. The molecule has 1 saturated heterocycles. The number of amides is 1. The van der Waals surface area contributed by atoms with Crippen LogP contribution in [0.4, 0.5) is 5.69 Å². The summed E-state index contributed by atoms with van der Waals surface area (Å²) in [5.74, 6) is -0.525. The van der Waals surface area contributed by atoms with Crippen LogP contribution in [0.2, 0.25) is 0 Å². The number of piperazine rings is 1. The molecule has 3 aromatic rings. The molecule has 1 aromatic carbocycles. The minimum Gasteiger partial charge on any atom is -0.369 e. The van der Waals surface area contributed by atoms with E-state index in [4.69, 9.17) is 5.73 Å². The zero-order chi connectivity index (χ0) is 17.4. The first-order valence-electron chi connectivity index (χ1n) is 8.23. The molecule has 1 fully saturated rings. The van der Waals surface area contributed by atoms with E-state index in [2.05, 4.69) is 57.5 Å². The molecule has 1 aliphatic heterocycles. The molecular weight excluding hydrogens is 316 g/mol. The lowest BCUT2D eigenvalue weighted by Crippen LogP contribution is -2.44. The number of carbonyl (C=O) groups excluding carboxylic acids is 1. The van der Waals surface area contributed by atoms with Crippen LogP contribution in [0.1, 0.15) is 10.4 Å². The number of carbonyl (C=O) groups is 1. The van der Waals surface area contributed by atoms with Gasteiger partial charge >= 0.3 is 0 Å². The summed E-state index contributed by atoms with van der Waals surface area (Å²) in [5.41, 5.74) is 9.22. The van der Waals surface area contributed by atoms with Crippen LogP contribution in [-0.4, -0.2) is 58.6 Å². The van der Waals surface area contributed by atoms with Gasteiger partial charge in [0.2, 0.25) is 6.33 Å². The van der Waals surface area contributed by atoms with Crippen LogP contribution in [-0.2, 0) is 0 Å². The minimum atomic E-state index is -0.525. The second-order valence-corrected chi connectivity index (χ2v) is 6.28. The van der Waals surface area contributed by atoms with Crippen molar-refractivity contribution in [1.29, 1.82) is 0 Å². The van der Waals surface area contributed by atoms with Gasteiger partial charge in [0.25, 0.3) is 5.91 Å². The van der Waals surface area contributed by atoms with E-state index in [1.807, 2.05) is 6.07 Å². The summed E-state index contributed by atoms with van der Waals surface area (Å²) in [4.78, 5) is 20.3. The molecule has 1 amide bonds. The molecule has 4 rings (SSSR count). The Bertz CT molecular complexity index is 909. The highest BCUT2D eigenvalue weighted by Crippen LogP contribution is 2.25. The average molecular weight is 335 g/mol. The molecule has 0 unspecified atom stereocenters. The normalized spacial score (nSPS) is 15.6. The molecule has 25 heavy (non-hydrogen) atoms. The number of likely N-dealkylation sites (N-methyl/N-ethyl adjacent to an activating group) is 1. The van der Waals surface area contributed by atoms with E-state index in [0.717, 1.165) is 37.4 Å². The van der Waals surface area contributed by atoms with Crippen molar-refractivity contribution in [2.24, 2.45) is 5.73 Å². The fourth-order valence-corrected chi connectivity index (χ4v) is 3.18. The molecule has 0 atom stereocenters. The van der Waals surface area contributed by atoms with Gasteiger partial charge in [0, 0.05) is 37.4 Å². The molecule has 2 N–H and O–H groups in total. The van der Waals surface area contributed by atoms with Crippen molar-refractivity contribution in [3.63, 3.8) is 0 Å². The maximum atomic E-state index is 11.5. The Morgan fingerprint density at radius 1 is 1.08 bits per heavy atom. The van der Waals surface area contributed by atoms with Crippen molar-refractivity contribution in [3.8, 4) is 11.3 Å². The third kappa shape index (κ3) is 2.83. The van der Waals surface area contributed by atoms with Crippen LogP contribution in [0, 0.1) is 6.33 Å². The number of nitrogens with zero attached hydrogens (tertiary/aromatic N) is 5. The monoisotopic (exact) mass is 335 g/mol. The van der Waals surface area contributed by atoms with Gasteiger partial charge in [0.05, 0.1) is 11.3 Å². The SMILES string of the molecule is CN1CCN(c2ccc(-c3ccc(C(N)=O)c4n[c]nn34)cc2)CC1. The van der Waals surface area contributed by atoms with Gasteiger partial charge in [-0.05, 0) is 31.3 Å². The molecule has 0 bridgehead atoms. The first-order valence-corrected chi connectivity index (χ1v) is 8.23. The summed E-state index contributed by atoms with van der Waals surface area (Å²) in [7, 11) is 2.15. The second kappa shape index (κ2) is 6.18. The molecule has 0 aliphatic carbocycles. The van der Waals surface area contributed by atoms with Gasteiger partial charge < -0.3 is 15.5 Å². The standard InChI is InChI=1S/C18H19N6O/c1-22-8-10-23(11-9-22)14-4-2-13(3-5-14)16-7-6-15(17(19)25)18-20-12-21-24(16)18/h2-7H,8-11H2,1H3,(H2,19,25). The minimum absolute atomic E-state index is 0.339. The Hall–Kier alpha value is -2.93. The summed E-state index contributed by atoms with van der Waals surface area (Å²) in [6.07, 6.45) is 2.55. The molecule has 0 spiro atoms. The van der Waals surface area contributed by atoms with Crippen LogP contribution in [0.5, 0.6) is 0 Å². The zero-order valence-electron chi connectivity index (χ0n) is 14.0. The molecule has 3 heterocycles. The lowest BCUT2D eigenvalue weighted by molar-refractivity contribution is 0.100. The molecule has 1 radical (unpaired) electrons. The maximum Gasteiger partial charge on any atom is 0.252 e. The third-order valence-corrected chi connectivity index (χ3v) is 4.68. The second-order valence-electron chi connectivity index (χ2n) is 6.28. The molecule has 1 aliphatic rings. The van der Waals surface area contributed by atoms with E-state index in [1.54, 1.807) is 10.6 Å². The lowest BCUT2D eigenvalue weighted by atomic mass is 10.1. The van der Waals surface area contributed by atoms with E-state index >= 15 is 0 Å². The first kappa shape index (κ1) is 15.6. The van der Waals surface area contributed by atoms with Crippen LogP contribution in [0.25, 0.3) is 16.9 Å². The van der Waals surface area contributed by atoms with E-state index < -0.39 is 5.91 Å². The van der Waals surface area contributed by atoms with Crippen LogP contribution in [0.15, 0.2) is 36.4 Å². The number of anilines is 1. The number of hydrogen-bond acceptors (Lipinski definition) is 5. The fourth-order valence-electron chi connectivity index (χ4n) is 3.18. The number of pyridine rings is 1. The molecule has 7 heteroatoms. The highest BCUT2D eigenvalue weighted by Gasteiger charge is 2.16. The van der Waals surface area contributed by atoms with Crippen molar-refractivity contribution >= 4 is 17.2 Å². The van der Waals surface area contributed by atoms with Crippen LogP contribution < -0.4 is 10.6 Å². The fraction of sp³-hybridized carbons (Fsp3) is 0.278. The Kier molecular flexibility index (Phi) is 3.85. The van der Waals surface area contributed by atoms with Gasteiger partial charge in [-0.2, -0.15) is 0 Å². The van der Waals surface area contributed by atoms with Crippen molar-refractivity contribution < 1.29 is 4.79 Å². The van der Waals surface area contributed by atoms with Crippen molar-refractivity contribution in [3.05, 3.63) is 48.3 Å². The van der Waals surface area contributed by atoms with Crippen molar-refractivity contribution in [2.75, 3.05) is 38.1 Å². The van der Waals surface area contributed by atoms with E-state index in [0.29, 0.717) is 11.2 Å². The van der Waals surface area contributed by atoms with Gasteiger partial charge in [0.15, 0.2) is 5.65 Å². The van der Waals surface area contributed by atoms with Gasteiger partial charge in [-0.3, -0.25) is 4.79 Å². The number of hydrogen-bond donors (Lipinski definition) is 1. The Balaban J connectivity index is 1.67. The number of primary amides is 1. The smallest absolute Gasteiger partial charge is 0.252 e. The summed E-state index contributed by atoms with van der Waals surface area (Å²) in [6, 6.07) is 11.9. The maximum absolute atomic E-state index is 11.5. The summed E-state index contributed by atoms with van der Waals surface area (Å²) in [5, 5.41) is 4.12. The van der Waals surface area contributed by atoms with Gasteiger partial charge in [0.1, 0.15) is 0 Å². The largest absolute Gasteiger partial charge is 0.369 e. The summed E-state index contributed by atoms with van der Waals surface area (Å²) >= 11 is 0. The molecule has 2 aromatic heterocycles. The lowest BCUT2D eigenvalue weighted by Gasteiger charge is -2.34. The average Bonchev–Trinajstić information content (AvgIpc) is 3.11. The van der Waals surface area contributed by atoms with E-state index in [-0.39, 0.29) is 0 Å². The molecule has 0 saturated carbocycles. The molecule has 7 nitrogen and oxygen atoms in total. The molecule has 127 valence electrons. The number of aromatic nitrogens is 3. The van der Waals surface area contributed by atoms with Crippen molar-refractivity contribution in [2.45, 2.75) is 0 Å². The van der Waals surface area contributed by atoms with Gasteiger partial charge in [-0.25, -0.2) is 9.50 Å². The molecular formula is C18H19N6O. The number of nitrogens with two attached hydrogens (primary N) is 1. The van der Waals surface area contributed by atoms with Gasteiger partial charge in [-0.1, -0.05) is 12.1 Å². The Morgan fingerprint density at radius 2 is 1.80 bits per heavy atom. The van der Waals surface area contributed by atoms with E-state index in [1.165, 1.54) is 5.69 Å². The predicted molar refractivity (Wildman–Crippen MR) is 95.5 cm³/mol. The van der Waals surface area contributed by atoms with Gasteiger partial charge in [-0.15, -0.1) is 5.10 Å². The van der Waals surface area contributed by atoms with E-state index in [9.17, 15) is 4.79 Å². The predicted octanol–water partition coefficient (Wildman–Crippen LogP) is 1.05. The Labute approximate surface area is 145 Å². The Morgan fingerprint density at radius 3 is 2.48 bits per heavy atom. The van der Waals surface area contributed by atoms with Crippen LogP contribution in [0.3, 0.4) is 0 Å². The summed E-state index contributed by atoms with van der Waals surface area (Å²) in [6.45, 7) is 4.22.